The van der Waals surface area contributed by atoms with Gasteiger partial charge in [-0.3, -0.25) is 14.3 Å². The van der Waals surface area contributed by atoms with Gasteiger partial charge >= 0.3 is 0 Å². The quantitative estimate of drug-likeness (QED) is 0.870. The van der Waals surface area contributed by atoms with Crippen molar-refractivity contribution >= 4 is 11.8 Å². The molecular weight excluding hydrogens is 330 g/mol. The number of hydrogen-bond acceptors (Lipinski definition) is 4. The van der Waals surface area contributed by atoms with E-state index in [4.69, 9.17) is 0 Å². The van der Waals surface area contributed by atoms with Crippen LogP contribution in [0.3, 0.4) is 0 Å². The lowest BCUT2D eigenvalue weighted by molar-refractivity contribution is -0.141. The number of nitrogens with zero attached hydrogens (tertiary/aromatic N) is 4. The molecule has 7 nitrogen and oxygen atoms in total. The highest BCUT2D eigenvalue weighted by Gasteiger charge is 2.41. The Bertz CT molecular complexity index is 667. The molecule has 2 atom stereocenters. The smallest absolute Gasteiger partial charge is 0.257 e. The molecule has 3 aliphatic heterocycles. The number of fused-ring (bicyclic) bond motifs is 1. The van der Waals surface area contributed by atoms with Crippen LogP contribution >= 0.6 is 0 Å². The van der Waals surface area contributed by atoms with E-state index in [1.807, 2.05) is 11.9 Å². The third kappa shape index (κ3) is 3.49. The van der Waals surface area contributed by atoms with E-state index in [2.05, 4.69) is 15.3 Å². The molecule has 1 N–H and O–H groups in total. The zero-order valence-electron chi connectivity index (χ0n) is 15.6. The van der Waals surface area contributed by atoms with Crippen molar-refractivity contribution in [3.63, 3.8) is 0 Å². The van der Waals surface area contributed by atoms with Crippen molar-refractivity contribution in [1.82, 2.24) is 24.9 Å². The Kier molecular flexibility index (Phi) is 4.98. The molecule has 4 rings (SSSR count). The Morgan fingerprint density at radius 1 is 1.27 bits per heavy atom. The van der Waals surface area contributed by atoms with Crippen LogP contribution < -0.4 is 5.32 Å². The molecule has 3 saturated heterocycles. The van der Waals surface area contributed by atoms with Crippen LogP contribution in [0.15, 0.2) is 12.4 Å². The second-order valence-electron chi connectivity index (χ2n) is 8.05. The number of piperidine rings is 3. The number of nitrogens with one attached hydrogen (secondary N) is 1. The largest absolute Gasteiger partial charge is 0.339 e. The Morgan fingerprint density at radius 2 is 2.08 bits per heavy atom. The minimum atomic E-state index is 0.0679. The maximum atomic E-state index is 12.7. The standard InChI is InChI=1S/C19H29N5O2/c1-22-12-16(10-21-22)19(26)23-9-6-17-15(13-23)2-3-18(25)24(17)11-14-4-7-20-8-5-14/h10,12,14-15,17,20H,2-9,11,13H2,1H3. The second kappa shape index (κ2) is 7.39. The van der Waals surface area contributed by atoms with Crippen LogP contribution in [0.5, 0.6) is 0 Å². The first-order valence-electron chi connectivity index (χ1n) is 9.90. The Labute approximate surface area is 154 Å². The van der Waals surface area contributed by atoms with Crippen LogP contribution in [0.25, 0.3) is 0 Å². The first-order valence-corrected chi connectivity index (χ1v) is 9.90. The van der Waals surface area contributed by atoms with Crippen molar-refractivity contribution in [1.29, 1.82) is 0 Å². The van der Waals surface area contributed by atoms with Crippen LogP contribution in [0, 0.1) is 11.8 Å². The lowest BCUT2D eigenvalue weighted by Crippen LogP contribution is -2.58. The summed E-state index contributed by atoms with van der Waals surface area (Å²) in [4.78, 5) is 29.4. The summed E-state index contributed by atoms with van der Waals surface area (Å²) < 4.78 is 1.67. The molecule has 0 spiro atoms. The highest BCUT2D eigenvalue weighted by atomic mass is 16.2. The average Bonchev–Trinajstić information content (AvgIpc) is 3.10. The monoisotopic (exact) mass is 359 g/mol. The van der Waals surface area contributed by atoms with E-state index in [-0.39, 0.29) is 5.91 Å². The van der Waals surface area contributed by atoms with Crippen LogP contribution in [0.4, 0.5) is 0 Å². The Morgan fingerprint density at radius 3 is 2.81 bits per heavy atom. The molecular formula is C19H29N5O2. The summed E-state index contributed by atoms with van der Waals surface area (Å²) in [6, 6.07) is 0.309. The summed E-state index contributed by atoms with van der Waals surface area (Å²) in [5, 5.41) is 7.51. The lowest BCUT2D eigenvalue weighted by atomic mass is 9.82. The number of carbonyl (C=O) groups excluding carboxylic acids is 2. The summed E-state index contributed by atoms with van der Waals surface area (Å²) >= 11 is 0. The van der Waals surface area contributed by atoms with Gasteiger partial charge in [0, 0.05) is 45.3 Å². The van der Waals surface area contributed by atoms with Crippen molar-refractivity contribution in [3.05, 3.63) is 18.0 Å². The summed E-state index contributed by atoms with van der Waals surface area (Å²) in [5.74, 6) is 1.41. The molecule has 26 heavy (non-hydrogen) atoms. The fraction of sp³-hybridized carbons (Fsp3) is 0.737. The van der Waals surface area contributed by atoms with Gasteiger partial charge in [-0.25, -0.2) is 0 Å². The maximum absolute atomic E-state index is 12.7. The molecule has 0 aliphatic carbocycles. The number of aromatic nitrogens is 2. The van der Waals surface area contributed by atoms with Gasteiger partial charge in [-0.05, 0) is 50.6 Å². The number of amides is 2. The molecule has 0 saturated carbocycles. The van der Waals surface area contributed by atoms with Gasteiger partial charge < -0.3 is 15.1 Å². The van der Waals surface area contributed by atoms with Gasteiger partial charge in [0.15, 0.2) is 0 Å². The molecule has 4 heterocycles. The fourth-order valence-electron chi connectivity index (χ4n) is 4.83. The zero-order chi connectivity index (χ0) is 18.1. The van der Waals surface area contributed by atoms with Crippen LogP contribution in [-0.2, 0) is 11.8 Å². The summed E-state index contributed by atoms with van der Waals surface area (Å²) in [6.07, 6.45) is 8.17. The van der Waals surface area contributed by atoms with E-state index in [0.29, 0.717) is 35.8 Å². The number of rotatable bonds is 3. The minimum absolute atomic E-state index is 0.0679. The van der Waals surface area contributed by atoms with Gasteiger partial charge in [0.2, 0.25) is 5.91 Å². The molecule has 142 valence electrons. The minimum Gasteiger partial charge on any atom is -0.339 e. The highest BCUT2D eigenvalue weighted by Crippen LogP contribution is 2.33. The SMILES string of the molecule is Cn1cc(C(=O)N2CCC3C(CCC(=O)N3CC3CCNCC3)C2)cn1. The van der Waals surface area contributed by atoms with E-state index in [1.54, 1.807) is 17.1 Å². The molecule has 1 aromatic rings. The maximum Gasteiger partial charge on any atom is 0.257 e. The molecule has 0 aromatic carbocycles. The van der Waals surface area contributed by atoms with E-state index in [1.165, 1.54) is 0 Å². The molecule has 7 heteroatoms. The third-order valence-electron chi connectivity index (χ3n) is 6.30. The highest BCUT2D eigenvalue weighted by molar-refractivity contribution is 5.93. The molecule has 0 bridgehead atoms. The summed E-state index contributed by atoms with van der Waals surface area (Å²) in [7, 11) is 1.83. The van der Waals surface area contributed by atoms with Crippen molar-refractivity contribution < 1.29 is 9.59 Å². The zero-order valence-corrected chi connectivity index (χ0v) is 15.6. The molecule has 0 radical (unpaired) electrons. The van der Waals surface area contributed by atoms with Crippen LogP contribution in [0.1, 0.15) is 42.5 Å². The van der Waals surface area contributed by atoms with E-state index in [9.17, 15) is 9.59 Å². The van der Waals surface area contributed by atoms with Gasteiger partial charge in [0.1, 0.15) is 0 Å². The predicted octanol–water partition coefficient (Wildman–Crippen LogP) is 0.873. The van der Waals surface area contributed by atoms with Gasteiger partial charge in [0.25, 0.3) is 5.91 Å². The second-order valence-corrected chi connectivity index (χ2v) is 8.05. The fourth-order valence-corrected chi connectivity index (χ4v) is 4.83. The molecule has 3 aliphatic rings. The first kappa shape index (κ1) is 17.5. The lowest BCUT2D eigenvalue weighted by Gasteiger charge is -2.48. The topological polar surface area (TPSA) is 70.5 Å². The summed E-state index contributed by atoms with van der Waals surface area (Å²) in [6.45, 7) is 4.51. The molecule has 1 aromatic heterocycles. The first-order chi connectivity index (χ1) is 12.6. The van der Waals surface area contributed by atoms with E-state index in [0.717, 1.165) is 58.4 Å². The molecule has 2 unspecified atom stereocenters. The van der Waals surface area contributed by atoms with Crippen molar-refractivity contribution in [2.24, 2.45) is 18.9 Å². The van der Waals surface area contributed by atoms with Gasteiger partial charge in [0.05, 0.1) is 11.8 Å². The number of likely N-dealkylation sites (tertiary alicyclic amines) is 2. The van der Waals surface area contributed by atoms with Crippen molar-refractivity contribution in [2.75, 3.05) is 32.7 Å². The molecule has 3 fully saturated rings. The third-order valence-corrected chi connectivity index (χ3v) is 6.30. The van der Waals surface area contributed by atoms with E-state index < -0.39 is 0 Å². The van der Waals surface area contributed by atoms with Crippen LogP contribution in [0.2, 0.25) is 0 Å². The number of aryl methyl sites for hydroxylation is 1. The Balaban J connectivity index is 1.41. The van der Waals surface area contributed by atoms with Gasteiger partial charge in [-0.2, -0.15) is 5.10 Å². The predicted molar refractivity (Wildman–Crippen MR) is 97.5 cm³/mol. The average molecular weight is 359 g/mol. The van der Waals surface area contributed by atoms with Crippen molar-refractivity contribution in [2.45, 2.75) is 38.1 Å². The Hall–Kier alpha value is -1.89. The summed E-state index contributed by atoms with van der Waals surface area (Å²) in [5.41, 5.74) is 0.657. The van der Waals surface area contributed by atoms with Gasteiger partial charge in [-0.15, -0.1) is 0 Å². The van der Waals surface area contributed by atoms with E-state index >= 15 is 0 Å². The normalized spacial score (nSPS) is 27.5. The number of carbonyl (C=O) groups is 2. The number of hydrogen-bond donors (Lipinski definition) is 1. The van der Waals surface area contributed by atoms with Crippen LogP contribution in [-0.4, -0.2) is 70.2 Å². The van der Waals surface area contributed by atoms with Crippen molar-refractivity contribution in [3.8, 4) is 0 Å². The molecule has 2 amide bonds. The van der Waals surface area contributed by atoms with Gasteiger partial charge in [-0.1, -0.05) is 0 Å².